The molecule has 1 amide bonds. The number of carbonyl (C=O) groups is 3. The first-order valence-corrected chi connectivity index (χ1v) is 9.48. The van der Waals surface area contributed by atoms with E-state index in [1.165, 1.54) is 6.08 Å². The predicted octanol–water partition coefficient (Wildman–Crippen LogP) is 3.08. The summed E-state index contributed by atoms with van der Waals surface area (Å²) in [5.74, 6) is -1.80. The molecule has 2 N–H and O–H groups in total. The van der Waals surface area contributed by atoms with Crippen molar-refractivity contribution in [2.75, 3.05) is 7.11 Å². The average Bonchev–Trinajstić information content (AvgIpc) is 3.25. The van der Waals surface area contributed by atoms with Crippen molar-refractivity contribution in [1.29, 1.82) is 0 Å². The van der Waals surface area contributed by atoms with E-state index < -0.39 is 30.3 Å². The Morgan fingerprint density at radius 2 is 1.93 bits per heavy atom. The summed E-state index contributed by atoms with van der Waals surface area (Å²) in [5.41, 5.74) is 0.811. The maximum Gasteiger partial charge on any atom is 0.327 e. The summed E-state index contributed by atoms with van der Waals surface area (Å²) in [6, 6.07) is 9.05. The standard InChI is InChI=1S/C19H15NO7S2/c1-26-11-4-2-10(3-5-11)14-7-6-12(27-14)8-15-17(23)20(19(28)29-15)13(18(24)25)9-16(21)22/h2-8,13H,9H2,1H3,(H,21,22)(H,24,25)/b15-8+. The minimum atomic E-state index is -1.57. The largest absolute Gasteiger partial charge is 0.497 e. The summed E-state index contributed by atoms with van der Waals surface area (Å²) < 4.78 is 10.8. The Hall–Kier alpha value is -3.11. The molecule has 1 atom stereocenters. The van der Waals surface area contributed by atoms with E-state index >= 15 is 0 Å². The van der Waals surface area contributed by atoms with Gasteiger partial charge in [-0.05, 0) is 36.4 Å². The maximum atomic E-state index is 12.6. The summed E-state index contributed by atoms with van der Waals surface area (Å²) in [6.45, 7) is 0. The number of ether oxygens (including phenoxy) is 1. The molecule has 1 aliphatic rings. The van der Waals surface area contributed by atoms with Gasteiger partial charge in [0.25, 0.3) is 5.91 Å². The van der Waals surface area contributed by atoms with E-state index in [2.05, 4.69) is 0 Å². The molecule has 2 aromatic rings. The number of amides is 1. The monoisotopic (exact) mass is 433 g/mol. The Kier molecular flexibility index (Phi) is 6.04. The highest BCUT2D eigenvalue weighted by Gasteiger charge is 2.41. The molecule has 1 saturated heterocycles. The highest BCUT2D eigenvalue weighted by atomic mass is 32.2. The summed E-state index contributed by atoms with van der Waals surface area (Å²) in [4.78, 5) is 36.0. The van der Waals surface area contributed by atoms with Gasteiger partial charge in [-0.3, -0.25) is 14.5 Å². The molecule has 2 heterocycles. The van der Waals surface area contributed by atoms with Crippen LogP contribution in [0.15, 0.2) is 45.7 Å². The molecule has 150 valence electrons. The van der Waals surface area contributed by atoms with Gasteiger partial charge in [-0.1, -0.05) is 24.0 Å². The van der Waals surface area contributed by atoms with Crippen molar-refractivity contribution < 1.29 is 33.8 Å². The Morgan fingerprint density at radius 3 is 2.52 bits per heavy atom. The van der Waals surface area contributed by atoms with Crippen molar-refractivity contribution in [1.82, 2.24) is 4.90 Å². The third-order valence-electron chi connectivity index (χ3n) is 4.06. The van der Waals surface area contributed by atoms with Crippen LogP contribution < -0.4 is 4.74 Å². The van der Waals surface area contributed by atoms with Gasteiger partial charge >= 0.3 is 11.9 Å². The Bertz CT molecular complexity index is 1010. The zero-order chi connectivity index (χ0) is 21.1. The molecule has 3 rings (SSSR count). The van der Waals surface area contributed by atoms with Gasteiger partial charge in [0.2, 0.25) is 0 Å². The lowest BCUT2D eigenvalue weighted by molar-refractivity contribution is -0.150. The number of aliphatic carboxylic acids is 2. The molecule has 1 aromatic heterocycles. The van der Waals surface area contributed by atoms with E-state index in [0.717, 1.165) is 22.2 Å². The lowest BCUT2D eigenvalue weighted by Gasteiger charge is -2.21. The molecule has 0 saturated carbocycles. The Labute approximate surface area is 174 Å². The highest BCUT2D eigenvalue weighted by Crippen LogP contribution is 2.35. The fraction of sp³-hybridized carbons (Fsp3) is 0.158. The molecule has 0 radical (unpaired) electrons. The van der Waals surface area contributed by atoms with Crippen LogP contribution in [0.4, 0.5) is 0 Å². The van der Waals surface area contributed by atoms with Crippen molar-refractivity contribution in [2.24, 2.45) is 0 Å². The molecule has 1 aromatic carbocycles. The van der Waals surface area contributed by atoms with Crippen LogP contribution in [0.1, 0.15) is 12.2 Å². The summed E-state index contributed by atoms with van der Waals surface area (Å²) in [6.07, 6.45) is 0.698. The minimum absolute atomic E-state index is 0.0168. The van der Waals surface area contributed by atoms with Crippen LogP contribution in [0.25, 0.3) is 17.4 Å². The van der Waals surface area contributed by atoms with Crippen LogP contribution in [0.5, 0.6) is 5.75 Å². The SMILES string of the molecule is COc1ccc(-c2ccc(/C=C3/SC(=S)N(C(CC(=O)O)C(=O)O)C3=O)o2)cc1. The number of carboxylic acids is 2. The second-order valence-corrected chi connectivity index (χ2v) is 7.61. The number of methoxy groups -OCH3 is 1. The van der Waals surface area contributed by atoms with Crippen molar-refractivity contribution in [3.05, 3.63) is 47.1 Å². The zero-order valence-electron chi connectivity index (χ0n) is 15.0. The molecule has 10 heteroatoms. The van der Waals surface area contributed by atoms with E-state index in [1.54, 1.807) is 31.4 Å². The lowest BCUT2D eigenvalue weighted by atomic mass is 10.2. The third kappa shape index (κ3) is 4.49. The molecular formula is C19H15NO7S2. The van der Waals surface area contributed by atoms with Crippen molar-refractivity contribution in [2.45, 2.75) is 12.5 Å². The van der Waals surface area contributed by atoms with Crippen molar-refractivity contribution in [3.63, 3.8) is 0 Å². The van der Waals surface area contributed by atoms with Gasteiger partial charge in [-0.2, -0.15) is 0 Å². The highest BCUT2D eigenvalue weighted by molar-refractivity contribution is 8.26. The molecule has 29 heavy (non-hydrogen) atoms. The number of carboxylic acid groups (broad SMARTS) is 2. The van der Waals surface area contributed by atoms with Gasteiger partial charge in [0.15, 0.2) is 0 Å². The smallest absolute Gasteiger partial charge is 0.327 e. The predicted molar refractivity (Wildman–Crippen MR) is 109 cm³/mol. The number of furan rings is 1. The summed E-state index contributed by atoms with van der Waals surface area (Å²) >= 11 is 5.99. The molecule has 0 aliphatic carbocycles. The molecule has 1 fully saturated rings. The van der Waals surface area contributed by atoms with E-state index in [1.807, 2.05) is 12.1 Å². The van der Waals surface area contributed by atoms with Crippen molar-refractivity contribution >= 4 is 52.2 Å². The number of thiocarbonyl (C=S) groups is 1. The maximum absolute atomic E-state index is 12.6. The number of carbonyl (C=O) groups excluding carboxylic acids is 1. The second-order valence-electron chi connectivity index (χ2n) is 5.93. The molecule has 8 nitrogen and oxygen atoms in total. The van der Waals surface area contributed by atoms with Crippen LogP contribution in [-0.4, -0.2) is 50.4 Å². The minimum Gasteiger partial charge on any atom is -0.497 e. The van der Waals surface area contributed by atoms with Crippen LogP contribution in [-0.2, 0) is 14.4 Å². The number of benzene rings is 1. The van der Waals surface area contributed by atoms with Crippen LogP contribution >= 0.6 is 24.0 Å². The number of hydrogen-bond acceptors (Lipinski definition) is 7. The first kappa shape index (κ1) is 20.6. The van der Waals surface area contributed by atoms with E-state index in [4.69, 9.17) is 26.5 Å². The Balaban J connectivity index is 1.83. The van der Waals surface area contributed by atoms with Gasteiger partial charge in [0.1, 0.15) is 27.6 Å². The van der Waals surface area contributed by atoms with E-state index in [-0.39, 0.29) is 9.23 Å². The van der Waals surface area contributed by atoms with Gasteiger partial charge in [-0.25, -0.2) is 4.79 Å². The van der Waals surface area contributed by atoms with Gasteiger partial charge < -0.3 is 19.4 Å². The van der Waals surface area contributed by atoms with Crippen LogP contribution in [0, 0.1) is 0 Å². The fourth-order valence-electron chi connectivity index (χ4n) is 2.67. The normalized spacial score (nSPS) is 16.3. The lowest BCUT2D eigenvalue weighted by Crippen LogP contribution is -2.45. The average molecular weight is 433 g/mol. The second kappa shape index (κ2) is 8.50. The number of rotatable bonds is 7. The molecule has 1 aliphatic heterocycles. The topological polar surface area (TPSA) is 117 Å². The third-order valence-corrected chi connectivity index (χ3v) is 5.39. The fourth-order valence-corrected chi connectivity index (χ4v) is 4.01. The van der Waals surface area contributed by atoms with Crippen LogP contribution in [0.2, 0.25) is 0 Å². The quantitative estimate of drug-likeness (QED) is 0.502. The molecule has 0 bridgehead atoms. The van der Waals surface area contributed by atoms with Gasteiger partial charge in [0, 0.05) is 11.6 Å². The molecule has 0 spiro atoms. The van der Waals surface area contributed by atoms with Gasteiger partial charge in [0.05, 0.1) is 18.4 Å². The molecular weight excluding hydrogens is 418 g/mol. The van der Waals surface area contributed by atoms with Gasteiger partial charge in [-0.15, -0.1) is 0 Å². The zero-order valence-corrected chi connectivity index (χ0v) is 16.7. The number of thioether (sulfide) groups is 1. The summed E-state index contributed by atoms with van der Waals surface area (Å²) in [7, 11) is 1.57. The first-order valence-electron chi connectivity index (χ1n) is 8.26. The Morgan fingerprint density at radius 1 is 1.24 bits per heavy atom. The van der Waals surface area contributed by atoms with E-state index in [9.17, 15) is 19.5 Å². The first-order chi connectivity index (χ1) is 13.8. The number of hydrogen-bond donors (Lipinski definition) is 2. The number of nitrogens with zero attached hydrogens (tertiary/aromatic N) is 1. The van der Waals surface area contributed by atoms with E-state index in [0.29, 0.717) is 17.3 Å². The van der Waals surface area contributed by atoms with Crippen LogP contribution in [0.3, 0.4) is 0 Å². The van der Waals surface area contributed by atoms with Crippen molar-refractivity contribution in [3.8, 4) is 17.1 Å². The summed E-state index contributed by atoms with van der Waals surface area (Å²) in [5, 5.41) is 18.2. The molecule has 1 unspecified atom stereocenters.